The summed E-state index contributed by atoms with van der Waals surface area (Å²) in [6, 6.07) is -0.665. The third kappa shape index (κ3) is 2.88. The summed E-state index contributed by atoms with van der Waals surface area (Å²) < 4.78 is 0. The Labute approximate surface area is 86.0 Å². The van der Waals surface area contributed by atoms with E-state index in [1.54, 1.807) is 13.1 Å². The van der Waals surface area contributed by atoms with Crippen LogP contribution in [-0.2, 0) is 4.79 Å². The van der Waals surface area contributed by atoms with Gasteiger partial charge in [0, 0.05) is 0 Å². The zero-order valence-corrected chi connectivity index (χ0v) is 8.71. The SMILES string of the molecule is CSc1cncc(N[C@H](C)C(=O)O)n1. The maximum Gasteiger partial charge on any atom is 0.325 e. The van der Waals surface area contributed by atoms with Crippen LogP contribution < -0.4 is 5.32 Å². The fraction of sp³-hybridized carbons (Fsp3) is 0.375. The minimum atomic E-state index is -0.915. The molecule has 0 bridgehead atoms. The molecule has 0 aromatic carbocycles. The van der Waals surface area contributed by atoms with Crippen LogP contribution in [0, 0.1) is 0 Å². The van der Waals surface area contributed by atoms with Gasteiger partial charge in [0.1, 0.15) is 16.9 Å². The number of carboxylic acid groups (broad SMARTS) is 1. The number of anilines is 1. The van der Waals surface area contributed by atoms with Crippen LogP contribution in [0.2, 0.25) is 0 Å². The average Bonchev–Trinajstić information content (AvgIpc) is 2.18. The van der Waals surface area contributed by atoms with E-state index in [0.29, 0.717) is 5.82 Å². The lowest BCUT2D eigenvalue weighted by Crippen LogP contribution is -2.25. The van der Waals surface area contributed by atoms with Gasteiger partial charge in [-0.15, -0.1) is 11.8 Å². The first-order chi connectivity index (χ1) is 6.63. The van der Waals surface area contributed by atoms with Crippen LogP contribution in [-0.4, -0.2) is 33.3 Å². The van der Waals surface area contributed by atoms with Gasteiger partial charge in [-0.25, -0.2) is 4.98 Å². The Morgan fingerprint density at radius 3 is 2.93 bits per heavy atom. The highest BCUT2D eigenvalue weighted by molar-refractivity contribution is 7.98. The minimum absolute atomic E-state index is 0.478. The number of thioether (sulfide) groups is 1. The van der Waals surface area contributed by atoms with Crippen LogP contribution in [0.4, 0.5) is 5.82 Å². The Morgan fingerprint density at radius 1 is 1.64 bits per heavy atom. The highest BCUT2D eigenvalue weighted by Crippen LogP contribution is 2.12. The van der Waals surface area contributed by atoms with Crippen molar-refractivity contribution in [3.8, 4) is 0 Å². The molecule has 0 spiro atoms. The lowest BCUT2D eigenvalue weighted by Gasteiger charge is -2.09. The number of nitrogens with one attached hydrogen (secondary N) is 1. The summed E-state index contributed by atoms with van der Waals surface area (Å²) in [5.41, 5.74) is 0. The molecule has 76 valence electrons. The second-order valence-corrected chi connectivity index (χ2v) is 3.48. The van der Waals surface area contributed by atoms with E-state index in [0.717, 1.165) is 5.03 Å². The Bertz CT molecular complexity index is 332. The first-order valence-electron chi connectivity index (χ1n) is 3.99. The van der Waals surface area contributed by atoms with E-state index in [-0.39, 0.29) is 0 Å². The van der Waals surface area contributed by atoms with Crippen LogP contribution in [0.25, 0.3) is 0 Å². The normalized spacial score (nSPS) is 12.1. The molecule has 0 aliphatic carbocycles. The molecule has 1 aromatic heterocycles. The fourth-order valence-electron chi connectivity index (χ4n) is 0.800. The summed E-state index contributed by atoms with van der Waals surface area (Å²) in [7, 11) is 0. The van der Waals surface area contributed by atoms with Crippen molar-refractivity contribution in [3.63, 3.8) is 0 Å². The molecule has 0 aliphatic heterocycles. The Hall–Kier alpha value is -1.30. The van der Waals surface area contributed by atoms with Gasteiger partial charge >= 0.3 is 5.97 Å². The molecule has 0 aliphatic rings. The maximum absolute atomic E-state index is 10.5. The van der Waals surface area contributed by atoms with E-state index in [1.165, 1.54) is 18.0 Å². The van der Waals surface area contributed by atoms with Crippen molar-refractivity contribution in [2.24, 2.45) is 0 Å². The van der Waals surface area contributed by atoms with E-state index in [1.807, 2.05) is 6.26 Å². The van der Waals surface area contributed by atoms with Gasteiger partial charge < -0.3 is 10.4 Å². The molecule has 0 saturated heterocycles. The fourth-order valence-corrected chi connectivity index (χ4v) is 1.16. The molecule has 5 nitrogen and oxygen atoms in total. The summed E-state index contributed by atoms with van der Waals surface area (Å²) in [5, 5.41) is 12.1. The smallest absolute Gasteiger partial charge is 0.325 e. The standard InChI is InChI=1S/C8H11N3O2S/c1-5(8(12)13)10-6-3-9-4-7(11-6)14-2/h3-5H,1-2H3,(H,10,11)(H,12,13)/t5-/m1/s1. The minimum Gasteiger partial charge on any atom is -0.480 e. The topological polar surface area (TPSA) is 75.1 Å². The Balaban J connectivity index is 2.71. The molecule has 0 radical (unpaired) electrons. The summed E-state index contributed by atoms with van der Waals surface area (Å²) in [6.07, 6.45) is 5.01. The van der Waals surface area contributed by atoms with Crippen molar-refractivity contribution in [1.82, 2.24) is 9.97 Å². The number of aromatic nitrogens is 2. The van der Waals surface area contributed by atoms with Gasteiger partial charge in [0.2, 0.25) is 0 Å². The molecule has 1 rings (SSSR count). The summed E-state index contributed by atoms with van der Waals surface area (Å²) in [4.78, 5) is 18.6. The van der Waals surface area contributed by atoms with Crippen molar-refractivity contribution in [2.45, 2.75) is 18.0 Å². The quantitative estimate of drug-likeness (QED) is 0.729. The van der Waals surface area contributed by atoms with Crippen molar-refractivity contribution < 1.29 is 9.90 Å². The highest BCUT2D eigenvalue weighted by Gasteiger charge is 2.10. The lowest BCUT2D eigenvalue weighted by atomic mass is 10.3. The molecule has 14 heavy (non-hydrogen) atoms. The van der Waals surface area contributed by atoms with Gasteiger partial charge in [0.15, 0.2) is 0 Å². The molecule has 2 N–H and O–H groups in total. The molecule has 0 unspecified atom stereocenters. The monoisotopic (exact) mass is 213 g/mol. The molecule has 0 fully saturated rings. The van der Waals surface area contributed by atoms with Gasteiger partial charge in [-0.05, 0) is 13.2 Å². The lowest BCUT2D eigenvalue weighted by molar-refractivity contribution is -0.137. The number of carbonyl (C=O) groups is 1. The number of rotatable bonds is 4. The van der Waals surface area contributed by atoms with Gasteiger partial charge in [-0.3, -0.25) is 9.78 Å². The van der Waals surface area contributed by atoms with E-state index in [2.05, 4.69) is 15.3 Å². The largest absolute Gasteiger partial charge is 0.480 e. The third-order valence-electron chi connectivity index (χ3n) is 1.56. The number of hydrogen-bond acceptors (Lipinski definition) is 5. The highest BCUT2D eigenvalue weighted by atomic mass is 32.2. The molecule has 0 saturated carbocycles. The van der Waals surface area contributed by atoms with Crippen molar-refractivity contribution >= 4 is 23.5 Å². The van der Waals surface area contributed by atoms with Crippen LogP contribution >= 0.6 is 11.8 Å². The first-order valence-corrected chi connectivity index (χ1v) is 5.21. The first kappa shape index (κ1) is 10.8. The number of carboxylic acids is 1. The third-order valence-corrected chi connectivity index (χ3v) is 2.17. The molecule has 1 atom stereocenters. The molecule has 0 amide bonds. The van der Waals surface area contributed by atoms with E-state index in [9.17, 15) is 4.79 Å². The zero-order chi connectivity index (χ0) is 10.6. The van der Waals surface area contributed by atoms with Crippen LogP contribution in [0.15, 0.2) is 17.4 Å². The van der Waals surface area contributed by atoms with Crippen LogP contribution in [0.3, 0.4) is 0 Å². The molecule has 1 heterocycles. The number of hydrogen-bond donors (Lipinski definition) is 2. The van der Waals surface area contributed by atoms with E-state index < -0.39 is 12.0 Å². The van der Waals surface area contributed by atoms with Gasteiger partial charge in [-0.2, -0.15) is 0 Å². The second-order valence-electron chi connectivity index (χ2n) is 2.65. The van der Waals surface area contributed by atoms with E-state index >= 15 is 0 Å². The Kier molecular flexibility index (Phi) is 3.70. The summed E-state index contributed by atoms with van der Waals surface area (Å²) in [5.74, 6) is -0.437. The predicted molar refractivity (Wildman–Crippen MR) is 54.5 cm³/mol. The van der Waals surface area contributed by atoms with Crippen molar-refractivity contribution in [1.29, 1.82) is 0 Å². The van der Waals surface area contributed by atoms with Gasteiger partial charge in [-0.1, -0.05) is 0 Å². The maximum atomic E-state index is 10.5. The van der Waals surface area contributed by atoms with Crippen molar-refractivity contribution in [3.05, 3.63) is 12.4 Å². The van der Waals surface area contributed by atoms with Gasteiger partial charge in [0.05, 0.1) is 12.4 Å². The van der Waals surface area contributed by atoms with Crippen LogP contribution in [0.1, 0.15) is 6.92 Å². The molecule has 1 aromatic rings. The van der Waals surface area contributed by atoms with Crippen LogP contribution in [0.5, 0.6) is 0 Å². The van der Waals surface area contributed by atoms with E-state index in [4.69, 9.17) is 5.11 Å². The molecular weight excluding hydrogens is 202 g/mol. The number of nitrogens with zero attached hydrogens (tertiary/aromatic N) is 2. The Morgan fingerprint density at radius 2 is 2.36 bits per heavy atom. The molecular formula is C8H11N3O2S. The summed E-state index contributed by atoms with van der Waals surface area (Å²) in [6.45, 7) is 1.55. The summed E-state index contributed by atoms with van der Waals surface area (Å²) >= 11 is 1.46. The van der Waals surface area contributed by atoms with Gasteiger partial charge in [0.25, 0.3) is 0 Å². The zero-order valence-electron chi connectivity index (χ0n) is 7.89. The molecule has 6 heteroatoms. The predicted octanol–water partition coefficient (Wildman–Crippen LogP) is 1.08. The number of aliphatic carboxylic acids is 1. The second kappa shape index (κ2) is 4.80. The van der Waals surface area contributed by atoms with Crippen molar-refractivity contribution in [2.75, 3.05) is 11.6 Å². The average molecular weight is 213 g/mol.